The Morgan fingerprint density at radius 3 is 2.94 bits per heavy atom. The van der Waals surface area contributed by atoms with E-state index in [1.54, 1.807) is 0 Å². The minimum absolute atomic E-state index is 0.284. The van der Waals surface area contributed by atoms with E-state index in [0.29, 0.717) is 0 Å². The number of aromatic nitrogens is 2. The maximum absolute atomic E-state index is 11.4. The Balaban J connectivity index is 2.31. The number of methoxy groups -OCH3 is 1. The Labute approximate surface area is 90.2 Å². The summed E-state index contributed by atoms with van der Waals surface area (Å²) in [4.78, 5) is 24.4. The summed E-state index contributed by atoms with van der Waals surface area (Å²) in [5.41, 5.74) is -1.11. The van der Waals surface area contributed by atoms with Crippen molar-refractivity contribution in [2.24, 2.45) is 0 Å². The third kappa shape index (κ3) is 1.92. The van der Waals surface area contributed by atoms with Crippen molar-refractivity contribution < 1.29 is 14.6 Å². The third-order valence-corrected chi connectivity index (χ3v) is 2.44. The molecule has 16 heavy (non-hydrogen) atoms. The number of aromatic amines is 1. The zero-order valence-corrected chi connectivity index (χ0v) is 8.62. The maximum atomic E-state index is 11.4. The van der Waals surface area contributed by atoms with Crippen LogP contribution in [0, 0.1) is 0 Å². The van der Waals surface area contributed by atoms with Gasteiger partial charge in [-0.3, -0.25) is 14.3 Å². The molecule has 0 amide bonds. The molecule has 1 aromatic rings. The van der Waals surface area contributed by atoms with E-state index >= 15 is 0 Å². The summed E-state index contributed by atoms with van der Waals surface area (Å²) >= 11 is 0. The third-order valence-electron chi connectivity index (χ3n) is 2.44. The molecule has 0 saturated carbocycles. The molecule has 0 radical (unpaired) electrons. The van der Waals surface area contributed by atoms with Gasteiger partial charge in [-0.1, -0.05) is 0 Å². The summed E-state index contributed by atoms with van der Waals surface area (Å²) in [6.07, 6.45) is -0.638. The lowest BCUT2D eigenvalue weighted by Crippen LogP contribution is -2.34. The number of H-pyrrole nitrogens is 1. The molecule has 1 aromatic heterocycles. The highest BCUT2D eigenvalue weighted by Gasteiger charge is 2.35. The molecule has 1 fully saturated rings. The van der Waals surface area contributed by atoms with E-state index in [1.807, 2.05) is 0 Å². The molecule has 1 aliphatic rings. The molecule has 0 aromatic carbocycles. The van der Waals surface area contributed by atoms with Gasteiger partial charge in [-0.2, -0.15) is 0 Å². The molecule has 2 rings (SSSR count). The molecule has 7 nitrogen and oxygen atoms in total. The highest BCUT2D eigenvalue weighted by molar-refractivity contribution is 4.87. The smallest absolute Gasteiger partial charge is 0.330 e. The van der Waals surface area contributed by atoms with Crippen molar-refractivity contribution in [3.05, 3.63) is 33.1 Å². The van der Waals surface area contributed by atoms with Crippen molar-refractivity contribution in [3.63, 3.8) is 0 Å². The van der Waals surface area contributed by atoms with Gasteiger partial charge in [0, 0.05) is 25.8 Å². The summed E-state index contributed by atoms with van der Waals surface area (Å²) < 4.78 is 11.4. The Hall–Kier alpha value is -1.44. The predicted molar refractivity (Wildman–Crippen MR) is 52.9 cm³/mol. The summed E-state index contributed by atoms with van der Waals surface area (Å²) in [6, 6.07) is 1.19. The first-order chi connectivity index (χ1) is 7.61. The van der Waals surface area contributed by atoms with Crippen molar-refractivity contribution in [3.8, 4) is 0 Å². The van der Waals surface area contributed by atoms with Gasteiger partial charge < -0.3 is 14.6 Å². The topological polar surface area (TPSA) is 93.5 Å². The normalized spacial score (nSPS) is 29.5. The van der Waals surface area contributed by atoms with Gasteiger partial charge in [-0.25, -0.2) is 4.79 Å². The molecule has 0 aliphatic carbocycles. The molecular formula is C9H12N2O5. The standard InChI is InChI=1S/C9H12N2O5/c1-15-7-4-5(12)8(16-7)11-3-2-6(13)10-9(11)14/h2-3,5,7-8,12H,4H2,1H3,(H,10,13,14)/t5?,7-,8+/m0/s1. The quantitative estimate of drug-likeness (QED) is 0.662. The van der Waals surface area contributed by atoms with Crippen molar-refractivity contribution in [1.29, 1.82) is 0 Å². The number of aliphatic hydroxyl groups is 1. The summed E-state index contributed by atoms with van der Waals surface area (Å²) in [5, 5.41) is 9.68. The van der Waals surface area contributed by atoms with Gasteiger partial charge in [0.15, 0.2) is 12.5 Å². The van der Waals surface area contributed by atoms with Crippen LogP contribution in [-0.2, 0) is 9.47 Å². The Kier molecular flexibility index (Phi) is 2.90. The molecular weight excluding hydrogens is 216 g/mol. The van der Waals surface area contributed by atoms with E-state index in [9.17, 15) is 14.7 Å². The zero-order valence-electron chi connectivity index (χ0n) is 8.62. The van der Waals surface area contributed by atoms with Crippen LogP contribution in [0.1, 0.15) is 12.6 Å². The SMILES string of the molecule is CO[C@@H]1CC(O)[C@H](n2ccc(=O)[nH]c2=O)O1. The first kappa shape index (κ1) is 11.1. The van der Waals surface area contributed by atoms with Crippen molar-refractivity contribution in [1.82, 2.24) is 9.55 Å². The van der Waals surface area contributed by atoms with E-state index in [-0.39, 0.29) is 6.42 Å². The molecule has 0 bridgehead atoms. The summed E-state index contributed by atoms with van der Waals surface area (Å²) in [7, 11) is 1.45. The van der Waals surface area contributed by atoms with Gasteiger partial charge in [0.25, 0.3) is 5.56 Å². The van der Waals surface area contributed by atoms with Crippen molar-refractivity contribution in [2.75, 3.05) is 7.11 Å². The fourth-order valence-electron chi connectivity index (χ4n) is 1.65. The average molecular weight is 228 g/mol. The molecule has 2 N–H and O–H groups in total. The van der Waals surface area contributed by atoms with E-state index in [0.717, 1.165) is 4.57 Å². The lowest BCUT2D eigenvalue weighted by molar-refractivity contribution is -0.140. The predicted octanol–water partition coefficient (Wildman–Crippen LogP) is -1.21. The molecule has 1 saturated heterocycles. The van der Waals surface area contributed by atoms with Crippen molar-refractivity contribution in [2.45, 2.75) is 25.0 Å². The highest BCUT2D eigenvalue weighted by atomic mass is 16.7. The second-order valence-corrected chi connectivity index (χ2v) is 3.51. The average Bonchev–Trinajstić information content (AvgIpc) is 2.60. The number of hydrogen-bond donors (Lipinski definition) is 2. The van der Waals surface area contributed by atoms with Crippen LogP contribution in [0.4, 0.5) is 0 Å². The molecule has 0 spiro atoms. The van der Waals surface area contributed by atoms with Gasteiger partial charge in [0.05, 0.1) is 0 Å². The fraction of sp³-hybridized carbons (Fsp3) is 0.556. The zero-order chi connectivity index (χ0) is 11.7. The van der Waals surface area contributed by atoms with Crippen molar-refractivity contribution >= 4 is 0 Å². The second-order valence-electron chi connectivity index (χ2n) is 3.51. The number of hydrogen-bond acceptors (Lipinski definition) is 5. The fourth-order valence-corrected chi connectivity index (χ4v) is 1.65. The monoisotopic (exact) mass is 228 g/mol. The van der Waals surface area contributed by atoms with Gasteiger partial charge in [-0.05, 0) is 0 Å². The van der Waals surface area contributed by atoms with Gasteiger partial charge in [-0.15, -0.1) is 0 Å². The lowest BCUT2D eigenvalue weighted by Gasteiger charge is -2.16. The van der Waals surface area contributed by atoms with Crippen LogP contribution in [0.25, 0.3) is 0 Å². The van der Waals surface area contributed by atoms with Gasteiger partial charge in [0.2, 0.25) is 0 Å². The number of ether oxygens (including phenoxy) is 2. The van der Waals surface area contributed by atoms with Crippen LogP contribution < -0.4 is 11.2 Å². The highest BCUT2D eigenvalue weighted by Crippen LogP contribution is 2.27. The molecule has 7 heteroatoms. The van der Waals surface area contributed by atoms with E-state index < -0.39 is 29.9 Å². The maximum Gasteiger partial charge on any atom is 0.330 e. The molecule has 1 aliphatic heterocycles. The molecule has 88 valence electrons. The van der Waals surface area contributed by atoms with Crippen LogP contribution in [-0.4, -0.2) is 34.2 Å². The molecule has 1 unspecified atom stereocenters. The lowest BCUT2D eigenvalue weighted by atomic mass is 10.2. The van der Waals surface area contributed by atoms with Crippen LogP contribution in [0.3, 0.4) is 0 Å². The summed E-state index contributed by atoms with van der Waals surface area (Å²) in [5.74, 6) is 0. The molecule has 3 atom stereocenters. The first-order valence-corrected chi connectivity index (χ1v) is 4.79. The number of aliphatic hydroxyl groups excluding tert-OH is 1. The minimum Gasteiger partial charge on any atom is -0.388 e. The van der Waals surface area contributed by atoms with Crippen LogP contribution >= 0.6 is 0 Å². The van der Waals surface area contributed by atoms with Gasteiger partial charge >= 0.3 is 5.69 Å². The van der Waals surface area contributed by atoms with E-state index in [2.05, 4.69) is 4.98 Å². The van der Waals surface area contributed by atoms with Crippen LogP contribution in [0.2, 0.25) is 0 Å². The Morgan fingerprint density at radius 1 is 1.62 bits per heavy atom. The van der Waals surface area contributed by atoms with Gasteiger partial charge in [0.1, 0.15) is 6.10 Å². The van der Waals surface area contributed by atoms with E-state index in [4.69, 9.17) is 9.47 Å². The second kappa shape index (κ2) is 4.20. The minimum atomic E-state index is -0.839. The van der Waals surface area contributed by atoms with Crippen LogP contribution in [0.15, 0.2) is 21.9 Å². The van der Waals surface area contributed by atoms with Crippen LogP contribution in [0.5, 0.6) is 0 Å². The number of rotatable bonds is 2. The number of nitrogens with one attached hydrogen (secondary N) is 1. The summed E-state index contributed by atoms with van der Waals surface area (Å²) in [6.45, 7) is 0. The van der Waals surface area contributed by atoms with E-state index in [1.165, 1.54) is 19.4 Å². The largest absolute Gasteiger partial charge is 0.388 e. The molecule has 2 heterocycles. The number of nitrogens with zero attached hydrogens (tertiary/aromatic N) is 1. The Bertz CT molecular complexity index is 479. The first-order valence-electron chi connectivity index (χ1n) is 4.79. The Morgan fingerprint density at radius 2 is 2.38 bits per heavy atom.